The summed E-state index contributed by atoms with van der Waals surface area (Å²) in [6.45, 7) is 3.32. The van der Waals surface area contributed by atoms with E-state index in [9.17, 15) is 13.2 Å². The first kappa shape index (κ1) is 23.8. The highest BCUT2D eigenvalue weighted by Crippen LogP contribution is 2.23. The molecule has 8 nitrogen and oxygen atoms in total. The van der Waals surface area contributed by atoms with Crippen molar-refractivity contribution in [1.82, 2.24) is 4.57 Å². The predicted molar refractivity (Wildman–Crippen MR) is 131 cm³/mol. The lowest BCUT2D eigenvalue weighted by atomic mass is 10.2. The van der Waals surface area contributed by atoms with Gasteiger partial charge in [0.2, 0.25) is 10.0 Å². The Balaban J connectivity index is 1.72. The van der Waals surface area contributed by atoms with Gasteiger partial charge in [0.25, 0.3) is 5.91 Å². The third kappa shape index (κ3) is 5.60. The molecule has 0 aliphatic carbocycles. The number of amides is 1. The zero-order valence-electron chi connectivity index (χ0n) is 18.4. The number of nitrogens with two attached hydrogens (primary N) is 1. The Morgan fingerprint density at radius 3 is 2.53 bits per heavy atom. The SMILES string of the molecule is CCOCCn1c(=NC(=O)c2cccc(Oc3ccccc3)c2)sc2cc(S(N)(=O)=O)ccc21. The minimum absolute atomic E-state index is 0.00171. The lowest BCUT2D eigenvalue weighted by Crippen LogP contribution is -2.19. The van der Waals surface area contributed by atoms with E-state index in [1.807, 2.05) is 41.8 Å². The monoisotopic (exact) mass is 497 g/mol. The number of carbonyl (C=O) groups is 1. The number of benzene rings is 3. The van der Waals surface area contributed by atoms with E-state index < -0.39 is 15.9 Å². The van der Waals surface area contributed by atoms with Crippen LogP contribution < -0.4 is 14.7 Å². The Bertz CT molecular complexity index is 1490. The fraction of sp³-hybridized carbons (Fsp3) is 0.167. The van der Waals surface area contributed by atoms with Gasteiger partial charge < -0.3 is 14.0 Å². The summed E-state index contributed by atoms with van der Waals surface area (Å²) in [5, 5.41) is 5.28. The number of hydrogen-bond acceptors (Lipinski definition) is 6. The second-order valence-corrected chi connectivity index (χ2v) is 9.84. The Morgan fingerprint density at radius 2 is 1.79 bits per heavy atom. The lowest BCUT2D eigenvalue weighted by Gasteiger charge is -2.07. The van der Waals surface area contributed by atoms with Gasteiger partial charge in [-0.1, -0.05) is 35.6 Å². The zero-order chi connectivity index (χ0) is 24.1. The standard InChI is InChI=1S/C24H23N3O5S2/c1-2-31-14-13-27-21-12-11-20(34(25,29)30)16-22(21)33-24(27)26-23(28)17-7-6-10-19(15-17)32-18-8-4-3-5-9-18/h3-12,15-16H,2,13-14H2,1H3,(H2,25,29,30). The van der Waals surface area contributed by atoms with Crippen molar-refractivity contribution in [2.75, 3.05) is 13.2 Å². The van der Waals surface area contributed by atoms with Crippen LogP contribution in [0.3, 0.4) is 0 Å². The van der Waals surface area contributed by atoms with Gasteiger partial charge >= 0.3 is 0 Å². The minimum Gasteiger partial charge on any atom is -0.457 e. The fourth-order valence-corrected chi connectivity index (χ4v) is 5.01. The first-order chi connectivity index (χ1) is 16.3. The molecule has 0 saturated heterocycles. The topological polar surface area (TPSA) is 113 Å². The van der Waals surface area contributed by atoms with Crippen LogP contribution in [0.2, 0.25) is 0 Å². The Morgan fingerprint density at radius 1 is 1.03 bits per heavy atom. The largest absolute Gasteiger partial charge is 0.457 e. The number of rotatable bonds is 8. The molecule has 3 aromatic carbocycles. The van der Waals surface area contributed by atoms with Gasteiger partial charge in [-0.3, -0.25) is 4.79 Å². The van der Waals surface area contributed by atoms with Crippen LogP contribution in [0.4, 0.5) is 0 Å². The van der Waals surface area contributed by atoms with Crippen LogP contribution >= 0.6 is 11.3 Å². The average molecular weight is 498 g/mol. The van der Waals surface area contributed by atoms with Crippen molar-refractivity contribution in [3.05, 3.63) is 83.2 Å². The van der Waals surface area contributed by atoms with E-state index >= 15 is 0 Å². The summed E-state index contributed by atoms with van der Waals surface area (Å²) in [5.74, 6) is 0.737. The minimum atomic E-state index is -3.85. The maximum atomic E-state index is 13.0. The summed E-state index contributed by atoms with van der Waals surface area (Å²) in [6, 6.07) is 20.7. The molecule has 0 radical (unpaired) electrons. The number of ether oxygens (including phenoxy) is 2. The summed E-state index contributed by atoms with van der Waals surface area (Å²) in [4.78, 5) is 17.8. The van der Waals surface area contributed by atoms with Crippen LogP contribution in [0, 0.1) is 0 Å². The second kappa shape index (κ2) is 10.3. The molecule has 0 aliphatic rings. The number of carbonyl (C=O) groups excluding carboxylic acids is 1. The molecule has 0 saturated carbocycles. The smallest absolute Gasteiger partial charge is 0.279 e. The van der Waals surface area contributed by atoms with E-state index in [2.05, 4.69) is 4.99 Å². The molecular weight excluding hydrogens is 474 g/mol. The van der Waals surface area contributed by atoms with Gasteiger partial charge in [0.05, 0.1) is 21.7 Å². The van der Waals surface area contributed by atoms with Gasteiger partial charge in [0.1, 0.15) is 11.5 Å². The predicted octanol–water partition coefficient (Wildman–Crippen LogP) is 3.92. The van der Waals surface area contributed by atoms with E-state index in [1.54, 1.807) is 30.3 Å². The molecule has 0 unspecified atom stereocenters. The number of fused-ring (bicyclic) bond motifs is 1. The van der Waals surface area contributed by atoms with Gasteiger partial charge in [-0.25, -0.2) is 13.6 Å². The molecule has 0 atom stereocenters. The number of aromatic nitrogens is 1. The zero-order valence-corrected chi connectivity index (χ0v) is 20.0. The molecule has 176 valence electrons. The van der Waals surface area contributed by atoms with Gasteiger partial charge in [-0.05, 0) is 55.5 Å². The molecule has 0 fully saturated rings. The van der Waals surface area contributed by atoms with E-state index in [0.29, 0.717) is 46.3 Å². The highest BCUT2D eigenvalue weighted by atomic mass is 32.2. The van der Waals surface area contributed by atoms with Crippen molar-refractivity contribution in [2.24, 2.45) is 10.1 Å². The van der Waals surface area contributed by atoms with E-state index in [-0.39, 0.29) is 4.90 Å². The van der Waals surface area contributed by atoms with Gasteiger partial charge in [-0.15, -0.1) is 0 Å². The van der Waals surface area contributed by atoms with Crippen LogP contribution in [0.25, 0.3) is 10.2 Å². The molecule has 4 rings (SSSR count). The third-order valence-electron chi connectivity index (χ3n) is 4.90. The third-order valence-corrected chi connectivity index (χ3v) is 6.86. The molecule has 2 N–H and O–H groups in total. The van der Waals surface area contributed by atoms with Crippen molar-refractivity contribution < 1.29 is 22.7 Å². The number of para-hydroxylation sites is 1. The van der Waals surface area contributed by atoms with Crippen LogP contribution in [-0.2, 0) is 21.3 Å². The maximum Gasteiger partial charge on any atom is 0.279 e. The van der Waals surface area contributed by atoms with Crippen molar-refractivity contribution in [2.45, 2.75) is 18.4 Å². The summed E-state index contributed by atoms with van der Waals surface area (Å²) in [5.41, 5.74) is 1.11. The molecule has 1 heterocycles. The Labute approximate surface area is 201 Å². The first-order valence-electron chi connectivity index (χ1n) is 10.5. The maximum absolute atomic E-state index is 13.0. The van der Waals surface area contributed by atoms with Crippen molar-refractivity contribution in [3.8, 4) is 11.5 Å². The van der Waals surface area contributed by atoms with Crippen LogP contribution in [0.1, 0.15) is 17.3 Å². The molecule has 4 aromatic rings. The lowest BCUT2D eigenvalue weighted by molar-refractivity contribution is 0.0996. The molecule has 1 amide bonds. The quantitative estimate of drug-likeness (QED) is 0.371. The molecule has 0 spiro atoms. The number of nitrogens with zero attached hydrogens (tertiary/aromatic N) is 2. The second-order valence-electron chi connectivity index (χ2n) is 7.27. The van der Waals surface area contributed by atoms with Gasteiger partial charge in [0.15, 0.2) is 4.80 Å². The Kier molecular flexibility index (Phi) is 7.23. The summed E-state index contributed by atoms with van der Waals surface area (Å²) in [7, 11) is -3.85. The van der Waals surface area contributed by atoms with Crippen molar-refractivity contribution in [1.29, 1.82) is 0 Å². The van der Waals surface area contributed by atoms with E-state index in [1.165, 1.54) is 23.5 Å². The molecule has 10 heteroatoms. The van der Waals surface area contributed by atoms with Crippen molar-refractivity contribution >= 4 is 37.5 Å². The number of hydrogen-bond donors (Lipinski definition) is 1. The molecule has 1 aromatic heterocycles. The van der Waals surface area contributed by atoms with Crippen molar-refractivity contribution in [3.63, 3.8) is 0 Å². The van der Waals surface area contributed by atoms with E-state index in [4.69, 9.17) is 14.6 Å². The summed E-state index contributed by atoms with van der Waals surface area (Å²) >= 11 is 1.21. The first-order valence-corrected chi connectivity index (χ1v) is 12.9. The van der Waals surface area contributed by atoms with Gasteiger partial charge in [-0.2, -0.15) is 4.99 Å². The van der Waals surface area contributed by atoms with E-state index in [0.717, 1.165) is 5.52 Å². The highest BCUT2D eigenvalue weighted by Gasteiger charge is 2.14. The number of primary sulfonamides is 1. The summed E-state index contributed by atoms with van der Waals surface area (Å²) in [6.07, 6.45) is 0. The molecule has 0 aliphatic heterocycles. The number of sulfonamides is 1. The van der Waals surface area contributed by atoms with Crippen LogP contribution in [0.15, 0.2) is 82.7 Å². The fourth-order valence-electron chi connectivity index (χ4n) is 3.30. The average Bonchev–Trinajstić information content (AvgIpc) is 3.16. The highest BCUT2D eigenvalue weighted by molar-refractivity contribution is 7.89. The molecule has 34 heavy (non-hydrogen) atoms. The summed E-state index contributed by atoms with van der Waals surface area (Å²) < 4.78 is 37.3. The molecule has 0 bridgehead atoms. The van der Waals surface area contributed by atoms with Gasteiger partial charge in [0, 0.05) is 18.7 Å². The normalized spacial score (nSPS) is 12.2. The Hall–Kier alpha value is -3.31. The van der Waals surface area contributed by atoms with Crippen LogP contribution in [0.5, 0.6) is 11.5 Å². The van der Waals surface area contributed by atoms with Crippen LogP contribution in [-0.4, -0.2) is 32.1 Å². The molecular formula is C24H23N3O5S2. The number of thiazole rings is 1.